The molecule has 1 aromatic carbocycles. The van der Waals surface area contributed by atoms with Crippen LogP contribution in [0.15, 0.2) is 42.6 Å². The number of alkyl halides is 2. The summed E-state index contributed by atoms with van der Waals surface area (Å²) in [5, 5.41) is 13.4. The first-order valence-electron chi connectivity index (χ1n) is 7.48. The lowest BCUT2D eigenvalue weighted by molar-refractivity contribution is -0.390. The zero-order valence-corrected chi connectivity index (χ0v) is 13.4. The van der Waals surface area contributed by atoms with Crippen LogP contribution in [0.2, 0.25) is 0 Å². The molecule has 8 nitrogen and oxygen atoms in total. The van der Waals surface area contributed by atoms with Gasteiger partial charge in [0.05, 0.1) is 0 Å². The molecule has 0 bridgehead atoms. The molecule has 1 heterocycles. The fraction of sp³-hybridized carbons (Fsp3) is 0.250. The van der Waals surface area contributed by atoms with Gasteiger partial charge in [-0.3, -0.25) is 4.79 Å². The van der Waals surface area contributed by atoms with Crippen LogP contribution in [-0.2, 0) is 11.2 Å². The van der Waals surface area contributed by atoms with Crippen molar-refractivity contribution in [1.82, 2.24) is 10.3 Å². The Morgan fingerprint density at radius 1 is 1.27 bits per heavy atom. The maximum atomic E-state index is 12.1. The van der Waals surface area contributed by atoms with E-state index in [9.17, 15) is 23.7 Å². The first-order chi connectivity index (χ1) is 12.5. The predicted molar refractivity (Wildman–Crippen MR) is 86.2 cm³/mol. The highest BCUT2D eigenvalue weighted by molar-refractivity contribution is 5.77. The molecule has 1 aromatic heterocycles. The fourth-order valence-electron chi connectivity index (χ4n) is 2.01. The zero-order chi connectivity index (χ0) is 18.9. The summed E-state index contributed by atoms with van der Waals surface area (Å²) < 4.78 is 33.5. The summed E-state index contributed by atoms with van der Waals surface area (Å²) in [4.78, 5) is 25.4. The molecule has 26 heavy (non-hydrogen) atoms. The summed E-state index contributed by atoms with van der Waals surface area (Å²) in [6, 6.07) is 8.85. The van der Waals surface area contributed by atoms with E-state index in [4.69, 9.17) is 4.74 Å². The molecule has 0 aliphatic rings. The Balaban J connectivity index is 1.75. The molecule has 0 aliphatic carbocycles. The molecule has 0 unspecified atom stereocenters. The zero-order valence-electron chi connectivity index (χ0n) is 13.4. The summed E-state index contributed by atoms with van der Waals surface area (Å²) in [7, 11) is 0. The van der Waals surface area contributed by atoms with Gasteiger partial charge in [-0.15, -0.1) is 0 Å². The molecule has 0 saturated heterocycles. The number of nitrogens with one attached hydrogen (secondary N) is 1. The number of amides is 1. The normalized spacial score (nSPS) is 10.4. The number of aromatic nitrogens is 1. The maximum absolute atomic E-state index is 12.1. The van der Waals surface area contributed by atoms with Gasteiger partial charge in [0.1, 0.15) is 11.9 Å². The highest BCUT2D eigenvalue weighted by Gasteiger charge is 2.16. The third-order valence-electron chi connectivity index (χ3n) is 3.17. The van der Waals surface area contributed by atoms with E-state index in [2.05, 4.69) is 15.0 Å². The molecular weight excluding hydrogens is 352 g/mol. The van der Waals surface area contributed by atoms with Gasteiger partial charge >= 0.3 is 12.4 Å². The average molecular weight is 367 g/mol. The molecule has 0 saturated carbocycles. The van der Waals surface area contributed by atoms with Crippen LogP contribution in [0.1, 0.15) is 5.56 Å². The maximum Gasteiger partial charge on any atom is 0.406 e. The van der Waals surface area contributed by atoms with E-state index in [1.54, 1.807) is 12.1 Å². The minimum Gasteiger partial charge on any atom is -0.476 e. The minimum absolute atomic E-state index is 0.0549. The van der Waals surface area contributed by atoms with Crippen molar-refractivity contribution in [3.05, 3.63) is 58.3 Å². The summed E-state index contributed by atoms with van der Waals surface area (Å²) in [6.07, 6.45) is 1.72. The lowest BCUT2D eigenvalue weighted by atomic mass is 10.1. The van der Waals surface area contributed by atoms with Crippen LogP contribution >= 0.6 is 0 Å². The number of carbonyl (C=O) groups is 1. The Bertz CT molecular complexity index is 756. The number of halogens is 2. The van der Waals surface area contributed by atoms with Gasteiger partial charge in [0.25, 0.3) is 5.91 Å². The lowest BCUT2D eigenvalue weighted by Crippen LogP contribution is -2.30. The number of pyridine rings is 1. The summed E-state index contributed by atoms with van der Waals surface area (Å²) >= 11 is 0. The second-order valence-corrected chi connectivity index (χ2v) is 4.99. The summed E-state index contributed by atoms with van der Waals surface area (Å²) in [5.74, 6) is -0.964. The third kappa shape index (κ3) is 5.96. The number of ether oxygens (including phenoxy) is 2. The van der Waals surface area contributed by atoms with Crippen LogP contribution in [-0.4, -0.2) is 35.6 Å². The number of nitro groups is 1. The van der Waals surface area contributed by atoms with Crippen LogP contribution in [0, 0.1) is 10.1 Å². The average Bonchev–Trinajstić information content (AvgIpc) is 2.61. The molecule has 1 N–H and O–H groups in total. The van der Waals surface area contributed by atoms with Gasteiger partial charge in [-0.25, -0.2) is 0 Å². The number of benzene rings is 1. The predicted octanol–water partition coefficient (Wildman–Crippen LogP) is 2.33. The molecule has 1 amide bonds. The van der Waals surface area contributed by atoms with Gasteiger partial charge in [0.15, 0.2) is 6.61 Å². The Morgan fingerprint density at radius 2 is 2.00 bits per heavy atom. The topological polar surface area (TPSA) is 104 Å². The summed E-state index contributed by atoms with van der Waals surface area (Å²) in [5.41, 5.74) is 0.815. The van der Waals surface area contributed by atoms with Crippen molar-refractivity contribution in [3.63, 3.8) is 0 Å². The van der Waals surface area contributed by atoms with Crippen LogP contribution < -0.4 is 14.8 Å². The van der Waals surface area contributed by atoms with Gasteiger partial charge in [-0.1, -0.05) is 12.1 Å². The molecule has 0 spiro atoms. The minimum atomic E-state index is -2.88. The van der Waals surface area contributed by atoms with E-state index >= 15 is 0 Å². The first kappa shape index (κ1) is 19.0. The van der Waals surface area contributed by atoms with Crippen LogP contribution in [0.25, 0.3) is 0 Å². The van der Waals surface area contributed by atoms with Gasteiger partial charge in [-0.2, -0.15) is 8.78 Å². The van der Waals surface area contributed by atoms with Crippen molar-refractivity contribution in [2.45, 2.75) is 13.0 Å². The Kier molecular flexibility index (Phi) is 6.77. The SMILES string of the molecule is O=C(COc1cccnc1[N+](=O)[O-])NCCc1ccc(OC(F)F)cc1. The monoisotopic (exact) mass is 367 g/mol. The van der Waals surface area contributed by atoms with Gasteiger partial charge < -0.3 is 24.9 Å². The van der Waals surface area contributed by atoms with Crippen molar-refractivity contribution >= 4 is 11.7 Å². The van der Waals surface area contributed by atoms with Gasteiger partial charge in [0.2, 0.25) is 5.75 Å². The van der Waals surface area contributed by atoms with E-state index < -0.39 is 29.9 Å². The third-order valence-corrected chi connectivity index (χ3v) is 3.17. The second kappa shape index (κ2) is 9.25. The standard InChI is InChI=1S/C16H15F2N3O5/c17-16(18)26-12-5-3-11(4-6-12)7-9-19-14(22)10-25-13-2-1-8-20-15(13)21(23)24/h1-6,8,16H,7,9-10H2,(H,19,22). The number of hydrogen-bond acceptors (Lipinski definition) is 6. The smallest absolute Gasteiger partial charge is 0.406 e. The summed E-state index contributed by atoms with van der Waals surface area (Å²) in [6.45, 7) is -2.99. The largest absolute Gasteiger partial charge is 0.476 e. The van der Waals surface area contributed by atoms with E-state index in [-0.39, 0.29) is 18.0 Å². The van der Waals surface area contributed by atoms with Gasteiger partial charge in [0, 0.05) is 6.54 Å². The van der Waals surface area contributed by atoms with E-state index in [0.29, 0.717) is 6.42 Å². The van der Waals surface area contributed by atoms with E-state index in [1.165, 1.54) is 30.5 Å². The van der Waals surface area contributed by atoms with Crippen molar-refractivity contribution in [2.75, 3.05) is 13.2 Å². The molecule has 10 heteroatoms. The van der Waals surface area contributed by atoms with Crippen molar-refractivity contribution in [3.8, 4) is 11.5 Å². The molecule has 0 aliphatic heterocycles. The van der Waals surface area contributed by atoms with E-state index in [1.807, 2.05) is 0 Å². The molecule has 0 fully saturated rings. The molecule has 138 valence electrons. The van der Waals surface area contributed by atoms with Crippen LogP contribution in [0.4, 0.5) is 14.6 Å². The molecule has 0 atom stereocenters. The fourth-order valence-corrected chi connectivity index (χ4v) is 2.01. The highest BCUT2D eigenvalue weighted by atomic mass is 19.3. The highest BCUT2D eigenvalue weighted by Crippen LogP contribution is 2.22. The number of carbonyl (C=O) groups excluding carboxylic acids is 1. The lowest BCUT2D eigenvalue weighted by Gasteiger charge is -2.08. The van der Waals surface area contributed by atoms with E-state index in [0.717, 1.165) is 5.56 Å². The second-order valence-electron chi connectivity index (χ2n) is 4.99. The van der Waals surface area contributed by atoms with Crippen molar-refractivity contribution in [2.24, 2.45) is 0 Å². The number of hydrogen-bond donors (Lipinski definition) is 1. The first-order valence-corrected chi connectivity index (χ1v) is 7.48. The quantitative estimate of drug-likeness (QED) is 0.539. The van der Waals surface area contributed by atoms with Crippen molar-refractivity contribution < 1.29 is 28.0 Å². The Labute approximate surface area is 146 Å². The van der Waals surface area contributed by atoms with Gasteiger partial charge in [-0.05, 0) is 46.2 Å². The Morgan fingerprint density at radius 3 is 2.65 bits per heavy atom. The number of rotatable bonds is 9. The van der Waals surface area contributed by atoms with Crippen molar-refractivity contribution in [1.29, 1.82) is 0 Å². The molecule has 2 rings (SSSR count). The van der Waals surface area contributed by atoms with Crippen LogP contribution in [0.3, 0.4) is 0 Å². The molecule has 0 radical (unpaired) electrons. The number of nitrogens with zero attached hydrogens (tertiary/aromatic N) is 2. The Hall–Kier alpha value is -3.30. The van der Waals surface area contributed by atoms with Crippen LogP contribution in [0.5, 0.6) is 11.5 Å². The molecular formula is C16H15F2N3O5. The molecule has 2 aromatic rings.